The van der Waals surface area contributed by atoms with E-state index in [-0.39, 0.29) is 0 Å². The third-order valence-corrected chi connectivity index (χ3v) is 1.52. The van der Waals surface area contributed by atoms with Crippen LogP contribution in [-0.4, -0.2) is 13.2 Å². The summed E-state index contributed by atoms with van der Waals surface area (Å²) in [6.45, 7) is 5.58. The number of allylic oxidation sites excluding steroid dienone is 1. The van der Waals surface area contributed by atoms with Gasteiger partial charge in [-0.15, -0.1) is 6.58 Å². The second kappa shape index (κ2) is 2.88. The molecule has 1 nitrogen and oxygen atoms in total. The van der Waals surface area contributed by atoms with Crippen LogP contribution in [0.5, 0.6) is 0 Å². The molecule has 1 atom stereocenters. The lowest BCUT2D eigenvalue weighted by molar-refractivity contribution is 0.186. The fourth-order valence-electron chi connectivity index (χ4n) is 1.00. The first-order valence-corrected chi connectivity index (χ1v) is 3.12. The van der Waals surface area contributed by atoms with Crippen LogP contribution in [0.1, 0.15) is 12.8 Å². The van der Waals surface area contributed by atoms with Crippen LogP contribution in [0.15, 0.2) is 12.7 Å². The Hall–Kier alpha value is -0.300. The summed E-state index contributed by atoms with van der Waals surface area (Å²) in [5.74, 6) is 0.771. The Morgan fingerprint density at radius 1 is 1.75 bits per heavy atom. The van der Waals surface area contributed by atoms with E-state index in [0.29, 0.717) is 0 Å². The second-order valence-electron chi connectivity index (χ2n) is 2.25. The van der Waals surface area contributed by atoms with Gasteiger partial charge < -0.3 is 4.74 Å². The lowest BCUT2D eigenvalue weighted by Gasteiger charge is -1.98. The third-order valence-electron chi connectivity index (χ3n) is 1.52. The van der Waals surface area contributed by atoms with Gasteiger partial charge in [0.05, 0.1) is 0 Å². The van der Waals surface area contributed by atoms with Crippen LogP contribution in [0.25, 0.3) is 0 Å². The zero-order valence-corrected chi connectivity index (χ0v) is 5.10. The molecule has 1 saturated heterocycles. The minimum atomic E-state index is 0.771. The van der Waals surface area contributed by atoms with Gasteiger partial charge in [-0.1, -0.05) is 6.08 Å². The van der Waals surface area contributed by atoms with E-state index in [2.05, 4.69) is 6.58 Å². The summed E-state index contributed by atoms with van der Waals surface area (Å²) in [5, 5.41) is 0. The van der Waals surface area contributed by atoms with E-state index in [1.807, 2.05) is 6.08 Å². The van der Waals surface area contributed by atoms with Crippen molar-refractivity contribution in [1.82, 2.24) is 0 Å². The van der Waals surface area contributed by atoms with E-state index in [0.717, 1.165) is 25.6 Å². The third kappa shape index (κ3) is 1.34. The van der Waals surface area contributed by atoms with Crippen molar-refractivity contribution in [2.24, 2.45) is 5.92 Å². The normalized spacial score (nSPS) is 28.2. The summed E-state index contributed by atoms with van der Waals surface area (Å²) < 4.78 is 5.16. The predicted octanol–water partition coefficient (Wildman–Crippen LogP) is 1.60. The number of rotatable bonds is 2. The molecule has 1 aliphatic heterocycles. The standard InChI is InChI=1S/C7H12O/c1-2-3-7-4-5-8-6-7/h2,7H,1,3-6H2. The van der Waals surface area contributed by atoms with Gasteiger partial charge in [-0.3, -0.25) is 0 Å². The molecule has 0 aromatic heterocycles. The Kier molecular flexibility index (Phi) is 2.10. The molecule has 1 heterocycles. The monoisotopic (exact) mass is 112 g/mol. The van der Waals surface area contributed by atoms with Crippen molar-refractivity contribution < 1.29 is 4.74 Å². The van der Waals surface area contributed by atoms with Crippen molar-refractivity contribution in [2.45, 2.75) is 12.8 Å². The quantitative estimate of drug-likeness (QED) is 0.493. The molecule has 1 aliphatic rings. The molecule has 8 heavy (non-hydrogen) atoms. The van der Waals surface area contributed by atoms with E-state index in [9.17, 15) is 0 Å². The predicted molar refractivity (Wildman–Crippen MR) is 33.7 cm³/mol. The Balaban J connectivity index is 2.14. The minimum Gasteiger partial charge on any atom is -0.381 e. The van der Waals surface area contributed by atoms with Crippen LogP contribution in [0.3, 0.4) is 0 Å². The number of hydrogen-bond donors (Lipinski definition) is 0. The maximum atomic E-state index is 5.16. The highest BCUT2D eigenvalue weighted by atomic mass is 16.5. The lowest BCUT2D eigenvalue weighted by Crippen LogP contribution is -1.95. The fourth-order valence-corrected chi connectivity index (χ4v) is 1.00. The maximum Gasteiger partial charge on any atom is 0.0498 e. The van der Waals surface area contributed by atoms with Gasteiger partial charge in [-0.25, -0.2) is 0 Å². The summed E-state index contributed by atoms with van der Waals surface area (Å²) in [6.07, 6.45) is 4.32. The van der Waals surface area contributed by atoms with Crippen molar-refractivity contribution in [2.75, 3.05) is 13.2 Å². The summed E-state index contributed by atoms with van der Waals surface area (Å²) in [7, 11) is 0. The van der Waals surface area contributed by atoms with Gasteiger partial charge in [0.1, 0.15) is 0 Å². The van der Waals surface area contributed by atoms with Gasteiger partial charge in [-0.2, -0.15) is 0 Å². The van der Waals surface area contributed by atoms with Crippen LogP contribution in [0.2, 0.25) is 0 Å². The molecule has 0 saturated carbocycles. The van der Waals surface area contributed by atoms with Gasteiger partial charge in [-0.05, 0) is 18.8 Å². The first-order chi connectivity index (χ1) is 3.93. The molecule has 0 spiro atoms. The van der Waals surface area contributed by atoms with Crippen LogP contribution >= 0.6 is 0 Å². The molecule has 1 unspecified atom stereocenters. The molecular formula is C7H12O. The molecular weight excluding hydrogens is 100 g/mol. The van der Waals surface area contributed by atoms with E-state index >= 15 is 0 Å². The Bertz CT molecular complexity index is 72.5. The van der Waals surface area contributed by atoms with Crippen LogP contribution in [0.4, 0.5) is 0 Å². The van der Waals surface area contributed by atoms with Crippen LogP contribution in [-0.2, 0) is 4.74 Å². The maximum absolute atomic E-state index is 5.16. The molecule has 0 aliphatic carbocycles. The summed E-state index contributed by atoms with van der Waals surface area (Å²) >= 11 is 0. The average molecular weight is 112 g/mol. The molecule has 1 rings (SSSR count). The Labute approximate surface area is 50.3 Å². The zero-order chi connectivity index (χ0) is 5.82. The highest BCUT2D eigenvalue weighted by molar-refractivity contribution is 4.75. The SMILES string of the molecule is C=CCC1CCOC1. The van der Waals surface area contributed by atoms with Crippen LogP contribution < -0.4 is 0 Å². The highest BCUT2D eigenvalue weighted by Gasteiger charge is 2.12. The highest BCUT2D eigenvalue weighted by Crippen LogP contribution is 2.15. The van der Waals surface area contributed by atoms with Crippen molar-refractivity contribution in [3.05, 3.63) is 12.7 Å². The second-order valence-corrected chi connectivity index (χ2v) is 2.25. The number of ether oxygens (including phenoxy) is 1. The van der Waals surface area contributed by atoms with E-state index in [4.69, 9.17) is 4.74 Å². The van der Waals surface area contributed by atoms with Crippen molar-refractivity contribution >= 4 is 0 Å². The van der Waals surface area contributed by atoms with Crippen molar-refractivity contribution in [3.8, 4) is 0 Å². The Morgan fingerprint density at radius 3 is 3.12 bits per heavy atom. The average Bonchev–Trinajstić information content (AvgIpc) is 2.19. The topological polar surface area (TPSA) is 9.23 Å². The molecule has 46 valence electrons. The van der Waals surface area contributed by atoms with Gasteiger partial charge in [0.15, 0.2) is 0 Å². The van der Waals surface area contributed by atoms with Crippen molar-refractivity contribution in [3.63, 3.8) is 0 Å². The summed E-state index contributed by atoms with van der Waals surface area (Å²) in [4.78, 5) is 0. The molecule has 0 amide bonds. The van der Waals surface area contributed by atoms with E-state index < -0.39 is 0 Å². The smallest absolute Gasteiger partial charge is 0.0498 e. The van der Waals surface area contributed by atoms with Gasteiger partial charge in [0.2, 0.25) is 0 Å². The van der Waals surface area contributed by atoms with Gasteiger partial charge in [0, 0.05) is 13.2 Å². The molecule has 0 bridgehead atoms. The molecule has 0 aromatic carbocycles. The van der Waals surface area contributed by atoms with Crippen LogP contribution in [0, 0.1) is 5.92 Å². The molecule has 0 N–H and O–H groups in total. The van der Waals surface area contributed by atoms with E-state index in [1.54, 1.807) is 0 Å². The van der Waals surface area contributed by atoms with E-state index in [1.165, 1.54) is 6.42 Å². The molecule has 1 heteroatoms. The van der Waals surface area contributed by atoms with Gasteiger partial charge in [0.25, 0.3) is 0 Å². The van der Waals surface area contributed by atoms with Gasteiger partial charge >= 0.3 is 0 Å². The largest absolute Gasteiger partial charge is 0.381 e. The Morgan fingerprint density at radius 2 is 2.62 bits per heavy atom. The van der Waals surface area contributed by atoms with Crippen molar-refractivity contribution in [1.29, 1.82) is 0 Å². The molecule has 1 fully saturated rings. The lowest BCUT2D eigenvalue weighted by atomic mass is 10.1. The fraction of sp³-hybridized carbons (Fsp3) is 0.714. The number of hydrogen-bond acceptors (Lipinski definition) is 1. The molecule has 0 radical (unpaired) electrons. The summed E-state index contributed by atoms with van der Waals surface area (Å²) in [5.41, 5.74) is 0. The first-order valence-electron chi connectivity index (χ1n) is 3.12. The molecule has 0 aromatic rings. The minimum absolute atomic E-state index is 0.771. The zero-order valence-electron chi connectivity index (χ0n) is 5.10. The summed E-state index contributed by atoms with van der Waals surface area (Å²) in [6, 6.07) is 0. The first kappa shape index (κ1) is 5.83.